The Hall–Kier alpha value is -1.29. The molecule has 0 aliphatic carbocycles. The zero-order valence-electron chi connectivity index (χ0n) is 11.1. The van der Waals surface area contributed by atoms with Gasteiger partial charge in [0.05, 0.1) is 12.2 Å². The molecule has 4 heteroatoms. The van der Waals surface area contributed by atoms with Crippen LogP contribution in [-0.2, 0) is 4.74 Å². The van der Waals surface area contributed by atoms with Crippen molar-refractivity contribution in [3.63, 3.8) is 0 Å². The summed E-state index contributed by atoms with van der Waals surface area (Å²) < 4.78 is 11.1. The van der Waals surface area contributed by atoms with Crippen molar-refractivity contribution >= 4 is 5.82 Å². The van der Waals surface area contributed by atoms with E-state index >= 15 is 0 Å². The molecule has 17 heavy (non-hydrogen) atoms. The number of hydrogen-bond donors (Lipinski definition) is 1. The van der Waals surface area contributed by atoms with E-state index in [9.17, 15) is 0 Å². The molecule has 0 saturated heterocycles. The molecule has 4 nitrogen and oxygen atoms in total. The number of aromatic nitrogens is 1. The molecule has 1 rings (SSSR count). The van der Waals surface area contributed by atoms with Crippen molar-refractivity contribution < 1.29 is 9.47 Å². The Balaban J connectivity index is 2.57. The smallest absolute Gasteiger partial charge is 0.168 e. The van der Waals surface area contributed by atoms with Crippen molar-refractivity contribution in [2.24, 2.45) is 0 Å². The van der Waals surface area contributed by atoms with Crippen molar-refractivity contribution in [1.29, 1.82) is 0 Å². The molecule has 0 fully saturated rings. The van der Waals surface area contributed by atoms with Gasteiger partial charge < -0.3 is 14.8 Å². The first-order valence-corrected chi connectivity index (χ1v) is 6.10. The van der Waals surface area contributed by atoms with Crippen molar-refractivity contribution in [1.82, 2.24) is 4.98 Å². The molecule has 0 amide bonds. The average molecular weight is 238 g/mol. The van der Waals surface area contributed by atoms with Gasteiger partial charge in [-0.25, -0.2) is 4.98 Å². The van der Waals surface area contributed by atoms with Crippen LogP contribution < -0.4 is 10.1 Å². The maximum Gasteiger partial charge on any atom is 0.168 e. The molecule has 0 bridgehead atoms. The van der Waals surface area contributed by atoms with E-state index in [0.29, 0.717) is 0 Å². The monoisotopic (exact) mass is 238 g/mol. The van der Waals surface area contributed by atoms with Gasteiger partial charge in [-0.05, 0) is 39.8 Å². The van der Waals surface area contributed by atoms with Gasteiger partial charge in [-0.1, -0.05) is 0 Å². The fourth-order valence-corrected chi connectivity index (χ4v) is 1.46. The fourth-order valence-electron chi connectivity index (χ4n) is 1.46. The number of pyridine rings is 1. The number of rotatable bonds is 7. The van der Waals surface area contributed by atoms with E-state index in [-0.39, 0.29) is 12.2 Å². The highest BCUT2D eigenvalue weighted by atomic mass is 16.5. The van der Waals surface area contributed by atoms with Crippen LogP contribution >= 0.6 is 0 Å². The Morgan fingerprint density at radius 3 is 2.76 bits per heavy atom. The van der Waals surface area contributed by atoms with E-state index in [0.717, 1.165) is 24.7 Å². The van der Waals surface area contributed by atoms with Crippen LogP contribution in [0.2, 0.25) is 0 Å². The molecule has 96 valence electrons. The molecule has 1 atom stereocenters. The van der Waals surface area contributed by atoms with Gasteiger partial charge in [0, 0.05) is 19.3 Å². The molecule has 1 heterocycles. The lowest BCUT2D eigenvalue weighted by Gasteiger charge is -2.16. The highest BCUT2D eigenvalue weighted by Crippen LogP contribution is 2.21. The van der Waals surface area contributed by atoms with Crippen molar-refractivity contribution in [2.75, 3.05) is 18.5 Å². The van der Waals surface area contributed by atoms with Crippen LogP contribution in [0.3, 0.4) is 0 Å². The molecule has 0 aliphatic rings. The van der Waals surface area contributed by atoms with Gasteiger partial charge in [0.15, 0.2) is 11.6 Å². The van der Waals surface area contributed by atoms with Crippen LogP contribution in [0.1, 0.15) is 27.7 Å². The first-order chi connectivity index (χ1) is 8.13. The fraction of sp³-hybridized carbons (Fsp3) is 0.615. The number of nitrogens with one attached hydrogen (secondary N) is 1. The topological polar surface area (TPSA) is 43.4 Å². The summed E-state index contributed by atoms with van der Waals surface area (Å²) in [5.41, 5.74) is 0. The summed E-state index contributed by atoms with van der Waals surface area (Å²) in [6.45, 7) is 9.46. The summed E-state index contributed by atoms with van der Waals surface area (Å²) in [5, 5.41) is 3.24. The second-order valence-electron chi connectivity index (χ2n) is 4.16. The third kappa shape index (κ3) is 5.04. The summed E-state index contributed by atoms with van der Waals surface area (Å²) >= 11 is 0. The Labute approximate surface area is 103 Å². The third-order valence-corrected chi connectivity index (χ3v) is 2.14. The van der Waals surface area contributed by atoms with E-state index in [1.165, 1.54) is 0 Å². The second kappa shape index (κ2) is 7.12. The van der Waals surface area contributed by atoms with Crippen molar-refractivity contribution in [3.8, 4) is 5.75 Å². The van der Waals surface area contributed by atoms with Crippen molar-refractivity contribution in [3.05, 3.63) is 18.3 Å². The average Bonchev–Trinajstić information content (AvgIpc) is 2.27. The van der Waals surface area contributed by atoms with Gasteiger partial charge in [0.1, 0.15) is 0 Å². The number of anilines is 1. The Morgan fingerprint density at radius 1 is 1.35 bits per heavy atom. The quantitative estimate of drug-likeness (QED) is 0.793. The number of ether oxygens (including phenoxy) is 2. The lowest BCUT2D eigenvalue weighted by molar-refractivity contribution is 0.0854. The highest BCUT2D eigenvalue weighted by molar-refractivity contribution is 5.49. The molecule has 1 unspecified atom stereocenters. The van der Waals surface area contributed by atoms with E-state index in [2.05, 4.69) is 10.3 Å². The van der Waals surface area contributed by atoms with Crippen LogP contribution in [0.15, 0.2) is 18.3 Å². The Kier molecular flexibility index (Phi) is 5.77. The van der Waals surface area contributed by atoms with Crippen LogP contribution in [0.5, 0.6) is 5.75 Å². The van der Waals surface area contributed by atoms with E-state index in [1.54, 1.807) is 6.20 Å². The molecule has 0 spiro atoms. The predicted octanol–water partition coefficient (Wildman–Crippen LogP) is 2.71. The molecule has 0 aliphatic heterocycles. The molecular formula is C13H22N2O2. The minimum atomic E-state index is 0.143. The standard InChI is InChI=1S/C13H22N2O2/c1-5-16-11(4)9-15-13-12(17-10(2)3)7-6-8-14-13/h6-8,10-11H,5,9H2,1-4H3,(H,14,15). The summed E-state index contributed by atoms with van der Waals surface area (Å²) in [6, 6.07) is 3.79. The first-order valence-electron chi connectivity index (χ1n) is 6.10. The van der Waals surface area contributed by atoms with Crippen LogP contribution in [0, 0.1) is 0 Å². The van der Waals surface area contributed by atoms with Gasteiger partial charge in [0.2, 0.25) is 0 Å². The number of nitrogens with zero attached hydrogens (tertiary/aromatic N) is 1. The third-order valence-electron chi connectivity index (χ3n) is 2.14. The normalized spacial score (nSPS) is 12.5. The van der Waals surface area contributed by atoms with E-state index < -0.39 is 0 Å². The maximum absolute atomic E-state index is 5.67. The van der Waals surface area contributed by atoms with E-state index in [4.69, 9.17) is 9.47 Å². The second-order valence-corrected chi connectivity index (χ2v) is 4.16. The molecule has 1 N–H and O–H groups in total. The van der Waals surface area contributed by atoms with Crippen LogP contribution in [0.25, 0.3) is 0 Å². The summed E-state index contributed by atoms with van der Waals surface area (Å²) in [7, 11) is 0. The molecule has 1 aromatic heterocycles. The van der Waals surface area contributed by atoms with Crippen LogP contribution in [-0.4, -0.2) is 30.3 Å². The Bertz CT molecular complexity index is 329. The van der Waals surface area contributed by atoms with Crippen molar-refractivity contribution in [2.45, 2.75) is 39.9 Å². The predicted molar refractivity (Wildman–Crippen MR) is 69.6 cm³/mol. The van der Waals surface area contributed by atoms with Gasteiger partial charge in [-0.3, -0.25) is 0 Å². The zero-order valence-corrected chi connectivity index (χ0v) is 11.1. The Morgan fingerprint density at radius 2 is 2.12 bits per heavy atom. The molecule has 1 aromatic rings. The lowest BCUT2D eigenvalue weighted by Crippen LogP contribution is -2.21. The molecule has 0 saturated carbocycles. The number of hydrogen-bond acceptors (Lipinski definition) is 4. The molecule has 0 aromatic carbocycles. The first kappa shape index (κ1) is 13.8. The van der Waals surface area contributed by atoms with Crippen LogP contribution in [0.4, 0.5) is 5.82 Å². The summed E-state index contributed by atoms with van der Waals surface area (Å²) in [5.74, 6) is 1.55. The zero-order chi connectivity index (χ0) is 12.7. The SMILES string of the molecule is CCOC(C)CNc1ncccc1OC(C)C. The largest absolute Gasteiger partial charge is 0.487 e. The molecular weight excluding hydrogens is 216 g/mol. The molecule has 0 radical (unpaired) electrons. The lowest BCUT2D eigenvalue weighted by atomic mass is 10.3. The van der Waals surface area contributed by atoms with Gasteiger partial charge in [-0.15, -0.1) is 0 Å². The van der Waals surface area contributed by atoms with E-state index in [1.807, 2.05) is 39.8 Å². The van der Waals surface area contributed by atoms with Gasteiger partial charge in [0.25, 0.3) is 0 Å². The van der Waals surface area contributed by atoms with Gasteiger partial charge in [-0.2, -0.15) is 0 Å². The summed E-state index contributed by atoms with van der Waals surface area (Å²) in [4.78, 5) is 4.27. The maximum atomic E-state index is 5.67. The van der Waals surface area contributed by atoms with Gasteiger partial charge >= 0.3 is 0 Å². The minimum absolute atomic E-state index is 0.143. The summed E-state index contributed by atoms with van der Waals surface area (Å²) in [6.07, 6.45) is 2.05. The minimum Gasteiger partial charge on any atom is -0.487 e. The highest BCUT2D eigenvalue weighted by Gasteiger charge is 2.07.